The second-order valence-electron chi connectivity index (χ2n) is 3.87. The minimum atomic E-state index is -0.419. The number of carbonyl (C=O) groups excluding carboxylic acids is 1. The zero-order valence-corrected chi connectivity index (χ0v) is 11.9. The zero-order valence-electron chi connectivity index (χ0n) is 11.1. The van der Waals surface area contributed by atoms with E-state index < -0.39 is 5.91 Å². The first-order valence-corrected chi connectivity index (χ1v) is 6.45. The summed E-state index contributed by atoms with van der Waals surface area (Å²) in [5.41, 5.74) is 5.41. The van der Waals surface area contributed by atoms with E-state index in [9.17, 15) is 9.59 Å². The second kappa shape index (κ2) is 8.00. The highest BCUT2D eigenvalue weighted by Gasteiger charge is 1.94. The van der Waals surface area contributed by atoms with Crippen molar-refractivity contribution in [2.45, 2.75) is 19.9 Å². The number of carbonyl (C=O) groups is 1. The molecule has 0 aliphatic heterocycles. The summed E-state index contributed by atoms with van der Waals surface area (Å²) in [5.74, 6) is -0.419. The average molecular weight is 292 g/mol. The molecule has 2 rings (SSSR count). The van der Waals surface area contributed by atoms with Crippen molar-refractivity contribution in [1.82, 2.24) is 14.5 Å². The largest absolute Gasteiger partial charge is 0.366 e. The highest BCUT2D eigenvalue weighted by molar-refractivity contribution is 7.71. The Bertz CT molecular complexity index is 636. The van der Waals surface area contributed by atoms with Crippen LogP contribution in [0.25, 0.3) is 0 Å². The van der Waals surface area contributed by atoms with E-state index >= 15 is 0 Å². The standard InChI is InChI=1S/C7H10N2OS.C6H6N2O/c1-2-5-9-6(10)3-4-8-7(9)11;7-6(9)5-1-3-8-4-2-5/h3-4H,2,5H2,1H3,(H,8,11);1-4H,(H2,7,9). The van der Waals surface area contributed by atoms with E-state index in [1.54, 1.807) is 22.9 Å². The van der Waals surface area contributed by atoms with Crippen LogP contribution in [0.2, 0.25) is 0 Å². The van der Waals surface area contributed by atoms with E-state index in [1.807, 2.05) is 6.92 Å². The molecule has 0 saturated carbocycles. The van der Waals surface area contributed by atoms with Crippen LogP contribution < -0.4 is 11.3 Å². The number of rotatable bonds is 3. The monoisotopic (exact) mass is 292 g/mol. The lowest BCUT2D eigenvalue weighted by Crippen LogP contribution is -2.19. The van der Waals surface area contributed by atoms with Crippen LogP contribution in [0.1, 0.15) is 23.7 Å². The first-order valence-electron chi connectivity index (χ1n) is 6.04. The zero-order chi connectivity index (χ0) is 15.0. The molecule has 1 amide bonds. The van der Waals surface area contributed by atoms with E-state index in [1.165, 1.54) is 18.5 Å². The van der Waals surface area contributed by atoms with Gasteiger partial charge in [-0.25, -0.2) is 0 Å². The van der Waals surface area contributed by atoms with Crippen LogP contribution in [0, 0.1) is 4.77 Å². The lowest BCUT2D eigenvalue weighted by atomic mass is 10.3. The molecule has 0 aromatic carbocycles. The molecule has 6 nitrogen and oxygen atoms in total. The van der Waals surface area contributed by atoms with Crippen molar-refractivity contribution in [3.05, 3.63) is 57.5 Å². The van der Waals surface area contributed by atoms with Crippen LogP contribution in [0.4, 0.5) is 0 Å². The van der Waals surface area contributed by atoms with Gasteiger partial charge in [-0.2, -0.15) is 0 Å². The van der Waals surface area contributed by atoms with Crippen molar-refractivity contribution in [2.24, 2.45) is 5.73 Å². The topological polar surface area (TPSA) is 93.8 Å². The molecular formula is C13H16N4O2S. The Labute approximate surface area is 121 Å². The predicted molar refractivity (Wildman–Crippen MR) is 78.9 cm³/mol. The molecule has 3 N–H and O–H groups in total. The van der Waals surface area contributed by atoms with Gasteiger partial charge in [-0.3, -0.25) is 19.1 Å². The first-order chi connectivity index (χ1) is 9.56. The van der Waals surface area contributed by atoms with Gasteiger partial charge >= 0.3 is 0 Å². The summed E-state index contributed by atoms with van der Waals surface area (Å²) in [6, 6.07) is 4.62. The molecule has 0 atom stereocenters. The van der Waals surface area contributed by atoms with Crippen LogP contribution >= 0.6 is 12.2 Å². The van der Waals surface area contributed by atoms with E-state index in [0.717, 1.165) is 6.42 Å². The summed E-state index contributed by atoms with van der Waals surface area (Å²) in [5, 5.41) is 0. The molecule has 0 bridgehead atoms. The summed E-state index contributed by atoms with van der Waals surface area (Å²) < 4.78 is 2.05. The number of amides is 1. The van der Waals surface area contributed by atoms with E-state index in [4.69, 9.17) is 18.0 Å². The Kier molecular flexibility index (Phi) is 6.31. The van der Waals surface area contributed by atoms with Crippen molar-refractivity contribution in [3.8, 4) is 0 Å². The molecule has 7 heteroatoms. The molecule has 20 heavy (non-hydrogen) atoms. The van der Waals surface area contributed by atoms with Crippen LogP contribution in [0.3, 0.4) is 0 Å². The maximum absolute atomic E-state index is 11.1. The SMILES string of the molecule is CCCn1c(=O)cc[nH]c1=S.NC(=O)c1ccncc1. The molecule has 0 unspecified atom stereocenters. The average Bonchev–Trinajstić information content (AvgIpc) is 2.45. The highest BCUT2D eigenvalue weighted by atomic mass is 32.1. The molecule has 0 fully saturated rings. The van der Waals surface area contributed by atoms with Gasteiger partial charge in [0.1, 0.15) is 0 Å². The molecule has 0 aliphatic carbocycles. The third kappa shape index (κ3) is 4.77. The Hall–Kier alpha value is -2.28. The normalized spacial score (nSPS) is 9.45. The fraction of sp³-hybridized carbons (Fsp3) is 0.231. The number of nitrogens with two attached hydrogens (primary N) is 1. The molecule has 106 valence electrons. The third-order valence-corrected chi connectivity index (χ3v) is 2.69. The molecule has 2 aromatic heterocycles. The molecule has 0 aliphatic rings. The summed E-state index contributed by atoms with van der Waals surface area (Å²) in [6.07, 6.45) is 5.54. The Morgan fingerprint density at radius 1 is 1.40 bits per heavy atom. The van der Waals surface area contributed by atoms with Gasteiger partial charge < -0.3 is 10.7 Å². The van der Waals surface area contributed by atoms with Gasteiger partial charge in [0.15, 0.2) is 4.77 Å². The molecule has 2 aromatic rings. The second-order valence-corrected chi connectivity index (χ2v) is 4.26. The van der Waals surface area contributed by atoms with Gasteiger partial charge in [-0.1, -0.05) is 6.92 Å². The number of H-pyrrole nitrogens is 1. The van der Waals surface area contributed by atoms with Gasteiger partial charge in [0.2, 0.25) is 5.91 Å². The van der Waals surface area contributed by atoms with Crippen molar-refractivity contribution in [2.75, 3.05) is 0 Å². The minimum absolute atomic E-state index is 0.0319. The molecule has 0 spiro atoms. The summed E-state index contributed by atoms with van der Waals surface area (Å²) in [7, 11) is 0. The number of hydrogen-bond acceptors (Lipinski definition) is 4. The Balaban J connectivity index is 0.000000204. The molecule has 0 radical (unpaired) electrons. The smallest absolute Gasteiger partial charge is 0.254 e. The Morgan fingerprint density at radius 2 is 2.05 bits per heavy atom. The number of nitrogens with one attached hydrogen (secondary N) is 1. The molecule has 2 heterocycles. The van der Waals surface area contributed by atoms with E-state index in [2.05, 4.69) is 9.97 Å². The summed E-state index contributed by atoms with van der Waals surface area (Å²) >= 11 is 4.91. The fourth-order valence-electron chi connectivity index (χ4n) is 1.40. The Morgan fingerprint density at radius 3 is 2.50 bits per heavy atom. The van der Waals surface area contributed by atoms with Crippen molar-refractivity contribution in [3.63, 3.8) is 0 Å². The number of aromatic amines is 1. The van der Waals surface area contributed by atoms with E-state index in [0.29, 0.717) is 16.9 Å². The maximum atomic E-state index is 11.1. The van der Waals surface area contributed by atoms with Gasteiger partial charge in [-0.15, -0.1) is 0 Å². The van der Waals surface area contributed by atoms with Gasteiger partial charge in [-0.05, 0) is 30.8 Å². The predicted octanol–water partition coefficient (Wildman–Crippen LogP) is 1.50. The third-order valence-electron chi connectivity index (χ3n) is 2.36. The van der Waals surface area contributed by atoms with Crippen LogP contribution in [0.5, 0.6) is 0 Å². The van der Waals surface area contributed by atoms with Gasteiger partial charge in [0, 0.05) is 36.8 Å². The number of primary amides is 1. The highest BCUT2D eigenvalue weighted by Crippen LogP contribution is 1.92. The summed E-state index contributed by atoms with van der Waals surface area (Å²) in [4.78, 5) is 28.0. The number of aromatic nitrogens is 3. The minimum Gasteiger partial charge on any atom is -0.366 e. The lowest BCUT2D eigenvalue weighted by Gasteiger charge is -2.00. The summed E-state index contributed by atoms with van der Waals surface area (Å²) in [6.45, 7) is 2.70. The van der Waals surface area contributed by atoms with Crippen molar-refractivity contribution in [1.29, 1.82) is 0 Å². The quantitative estimate of drug-likeness (QED) is 0.838. The number of nitrogens with zero attached hydrogens (tertiary/aromatic N) is 2. The van der Waals surface area contributed by atoms with Crippen molar-refractivity contribution >= 4 is 18.1 Å². The van der Waals surface area contributed by atoms with Crippen molar-refractivity contribution < 1.29 is 4.79 Å². The molecule has 0 saturated heterocycles. The maximum Gasteiger partial charge on any atom is 0.254 e. The number of hydrogen-bond donors (Lipinski definition) is 2. The van der Waals surface area contributed by atoms with Crippen LogP contribution in [0.15, 0.2) is 41.6 Å². The van der Waals surface area contributed by atoms with Crippen LogP contribution in [-0.2, 0) is 6.54 Å². The first kappa shape index (κ1) is 15.8. The van der Waals surface area contributed by atoms with E-state index in [-0.39, 0.29) is 5.56 Å². The van der Waals surface area contributed by atoms with Crippen LogP contribution in [-0.4, -0.2) is 20.4 Å². The van der Waals surface area contributed by atoms with Gasteiger partial charge in [0.05, 0.1) is 0 Å². The lowest BCUT2D eigenvalue weighted by molar-refractivity contribution is 0.1000. The number of pyridine rings is 1. The fourth-order valence-corrected chi connectivity index (χ4v) is 1.65. The van der Waals surface area contributed by atoms with Gasteiger partial charge in [0.25, 0.3) is 5.56 Å². The molecular weight excluding hydrogens is 276 g/mol.